The van der Waals surface area contributed by atoms with Gasteiger partial charge in [-0.1, -0.05) is 0 Å². The molecule has 0 amide bonds. The molecule has 0 saturated carbocycles. The molecule has 1 saturated heterocycles. The number of hydrogen-bond acceptors (Lipinski definition) is 4. The maximum absolute atomic E-state index is 9.52. The number of likely N-dealkylation sites (tertiary alicyclic amines) is 1. The maximum Gasteiger partial charge on any atom is 0.107 e. The van der Waals surface area contributed by atoms with Crippen LogP contribution in [0.15, 0.2) is 5.38 Å². The van der Waals surface area contributed by atoms with Gasteiger partial charge < -0.3 is 5.11 Å². The number of aliphatic hydroxyl groups excluding tert-OH is 1. The molecule has 1 aromatic heterocycles. The van der Waals surface area contributed by atoms with Crippen molar-refractivity contribution in [1.29, 1.82) is 0 Å². The number of thiazole rings is 1. The Morgan fingerprint density at radius 1 is 1.73 bits per heavy atom. The van der Waals surface area contributed by atoms with Gasteiger partial charge in [0.15, 0.2) is 0 Å². The van der Waals surface area contributed by atoms with Crippen LogP contribution < -0.4 is 0 Å². The molecule has 0 spiro atoms. The monoisotopic (exact) mass is 246 g/mol. The highest BCUT2D eigenvalue weighted by molar-refractivity contribution is 7.09. The lowest BCUT2D eigenvalue weighted by molar-refractivity contribution is 0.173. The lowest BCUT2D eigenvalue weighted by atomic mass is 10.2. The van der Waals surface area contributed by atoms with E-state index in [9.17, 15) is 5.11 Å². The van der Waals surface area contributed by atoms with Gasteiger partial charge in [-0.15, -0.1) is 22.9 Å². The van der Waals surface area contributed by atoms with Gasteiger partial charge in [-0.25, -0.2) is 4.98 Å². The van der Waals surface area contributed by atoms with Crippen molar-refractivity contribution < 1.29 is 5.11 Å². The van der Waals surface area contributed by atoms with E-state index in [2.05, 4.69) is 16.8 Å². The molecule has 5 heteroatoms. The number of rotatable bonds is 3. The van der Waals surface area contributed by atoms with Gasteiger partial charge in [-0.3, -0.25) is 4.90 Å². The van der Waals surface area contributed by atoms with Crippen LogP contribution >= 0.6 is 22.9 Å². The van der Waals surface area contributed by atoms with Gasteiger partial charge in [0, 0.05) is 18.0 Å². The fourth-order valence-corrected chi connectivity index (χ4v) is 2.99. The van der Waals surface area contributed by atoms with Crippen LogP contribution in [0.25, 0.3) is 0 Å². The van der Waals surface area contributed by atoms with Crippen LogP contribution in [0.3, 0.4) is 0 Å². The van der Waals surface area contributed by atoms with Crippen molar-refractivity contribution in [3.05, 3.63) is 16.1 Å². The Balaban J connectivity index is 1.96. The van der Waals surface area contributed by atoms with E-state index in [-0.39, 0.29) is 6.10 Å². The number of halogens is 1. The smallest absolute Gasteiger partial charge is 0.107 e. The molecule has 0 radical (unpaired) electrons. The van der Waals surface area contributed by atoms with Crippen LogP contribution in [0.1, 0.15) is 24.0 Å². The summed E-state index contributed by atoms with van der Waals surface area (Å²) < 4.78 is 0. The summed E-state index contributed by atoms with van der Waals surface area (Å²) in [5, 5.41) is 12.6. The molecular formula is C10H15ClN2OS. The van der Waals surface area contributed by atoms with Crippen LogP contribution in [-0.4, -0.2) is 33.7 Å². The first-order chi connectivity index (χ1) is 7.19. The summed E-state index contributed by atoms with van der Waals surface area (Å²) in [6.07, 6.45) is 0.695. The third-order valence-electron chi connectivity index (χ3n) is 2.76. The summed E-state index contributed by atoms with van der Waals surface area (Å²) in [6.45, 7) is 3.74. The molecule has 2 atom stereocenters. The molecule has 3 nitrogen and oxygen atoms in total. The third kappa shape index (κ3) is 2.69. The normalized spacial score (nSPS) is 27.4. The molecule has 0 aromatic carbocycles. The van der Waals surface area contributed by atoms with Crippen molar-refractivity contribution in [2.45, 2.75) is 37.9 Å². The summed E-state index contributed by atoms with van der Waals surface area (Å²) in [4.78, 5) is 6.68. The average Bonchev–Trinajstić information content (AvgIpc) is 2.75. The Morgan fingerprint density at radius 3 is 3.07 bits per heavy atom. The van der Waals surface area contributed by atoms with Crippen molar-refractivity contribution in [2.75, 3.05) is 6.54 Å². The number of aliphatic hydroxyl groups is 1. The molecule has 2 rings (SSSR count). The van der Waals surface area contributed by atoms with E-state index in [0.717, 1.165) is 30.2 Å². The second kappa shape index (κ2) is 4.78. The molecule has 15 heavy (non-hydrogen) atoms. The molecule has 2 heterocycles. The highest BCUT2D eigenvalue weighted by Crippen LogP contribution is 2.21. The second-order valence-electron chi connectivity index (χ2n) is 4.03. The first-order valence-electron chi connectivity index (χ1n) is 5.10. The number of β-amino-alcohol motifs (C(OH)–C–C–N with tert-alkyl or cyclic N) is 1. The van der Waals surface area contributed by atoms with Crippen LogP contribution in [0, 0.1) is 0 Å². The minimum atomic E-state index is -0.174. The summed E-state index contributed by atoms with van der Waals surface area (Å²) in [5.41, 5.74) is 0.948. The quantitative estimate of drug-likeness (QED) is 0.827. The summed E-state index contributed by atoms with van der Waals surface area (Å²) in [7, 11) is 0. The van der Waals surface area contributed by atoms with E-state index < -0.39 is 0 Å². The zero-order chi connectivity index (χ0) is 10.8. The SMILES string of the molecule is CC1CC(O)CN1Cc1nc(CCl)cs1. The van der Waals surface area contributed by atoms with Gasteiger partial charge in [0.1, 0.15) is 5.01 Å². The molecule has 1 N–H and O–H groups in total. The summed E-state index contributed by atoms with van der Waals surface area (Å²) in [6, 6.07) is 0.448. The predicted molar refractivity (Wildman–Crippen MR) is 62.2 cm³/mol. The topological polar surface area (TPSA) is 36.4 Å². The first-order valence-corrected chi connectivity index (χ1v) is 6.52. The number of aromatic nitrogens is 1. The Morgan fingerprint density at radius 2 is 2.53 bits per heavy atom. The molecule has 0 bridgehead atoms. The molecule has 1 aliphatic heterocycles. The van der Waals surface area contributed by atoms with E-state index in [1.54, 1.807) is 11.3 Å². The van der Waals surface area contributed by atoms with Gasteiger partial charge in [-0.2, -0.15) is 0 Å². The van der Waals surface area contributed by atoms with Crippen LogP contribution in [-0.2, 0) is 12.4 Å². The Bertz CT molecular complexity index is 331. The van der Waals surface area contributed by atoms with Gasteiger partial charge >= 0.3 is 0 Å². The number of alkyl halides is 1. The van der Waals surface area contributed by atoms with Crippen LogP contribution in [0.5, 0.6) is 0 Å². The molecule has 84 valence electrons. The van der Waals surface area contributed by atoms with Crippen molar-refractivity contribution in [2.24, 2.45) is 0 Å². The largest absolute Gasteiger partial charge is 0.392 e. The Kier molecular flexibility index (Phi) is 3.61. The standard InChI is InChI=1S/C10H15ClN2OS/c1-7-2-9(14)4-13(7)5-10-12-8(3-11)6-15-10/h6-7,9,14H,2-5H2,1H3. The fraction of sp³-hybridized carbons (Fsp3) is 0.700. The Labute approximate surface area is 98.7 Å². The average molecular weight is 247 g/mol. The highest BCUT2D eigenvalue weighted by atomic mass is 35.5. The van der Waals surface area contributed by atoms with Gasteiger partial charge in [0.25, 0.3) is 0 Å². The van der Waals surface area contributed by atoms with Gasteiger partial charge in [-0.05, 0) is 13.3 Å². The minimum absolute atomic E-state index is 0.174. The second-order valence-corrected chi connectivity index (χ2v) is 5.24. The lowest BCUT2D eigenvalue weighted by Crippen LogP contribution is -2.27. The minimum Gasteiger partial charge on any atom is -0.392 e. The Hall–Kier alpha value is -0.160. The van der Waals surface area contributed by atoms with Crippen molar-refractivity contribution in [3.63, 3.8) is 0 Å². The van der Waals surface area contributed by atoms with E-state index in [0.29, 0.717) is 11.9 Å². The number of hydrogen-bond donors (Lipinski definition) is 1. The molecule has 1 fully saturated rings. The molecule has 1 aromatic rings. The van der Waals surface area contributed by atoms with E-state index >= 15 is 0 Å². The van der Waals surface area contributed by atoms with E-state index in [4.69, 9.17) is 11.6 Å². The predicted octanol–water partition coefficient (Wildman–Crippen LogP) is 1.84. The van der Waals surface area contributed by atoms with Crippen molar-refractivity contribution in [3.8, 4) is 0 Å². The fourth-order valence-electron chi connectivity index (χ4n) is 1.95. The molecule has 2 unspecified atom stereocenters. The molecule has 0 aliphatic carbocycles. The van der Waals surface area contributed by atoms with Crippen LogP contribution in [0.4, 0.5) is 0 Å². The first kappa shape index (κ1) is 11.3. The van der Waals surface area contributed by atoms with E-state index in [1.807, 2.05) is 5.38 Å². The zero-order valence-corrected chi connectivity index (χ0v) is 10.3. The lowest BCUT2D eigenvalue weighted by Gasteiger charge is -2.18. The van der Waals surface area contributed by atoms with Crippen molar-refractivity contribution in [1.82, 2.24) is 9.88 Å². The van der Waals surface area contributed by atoms with Crippen LogP contribution in [0.2, 0.25) is 0 Å². The van der Waals surface area contributed by atoms with E-state index in [1.165, 1.54) is 0 Å². The maximum atomic E-state index is 9.52. The summed E-state index contributed by atoms with van der Waals surface area (Å²) >= 11 is 7.34. The van der Waals surface area contributed by atoms with Gasteiger partial charge in [0.2, 0.25) is 0 Å². The van der Waals surface area contributed by atoms with Gasteiger partial charge in [0.05, 0.1) is 24.2 Å². The molecule has 1 aliphatic rings. The summed E-state index contributed by atoms with van der Waals surface area (Å²) in [5.74, 6) is 0.481. The zero-order valence-electron chi connectivity index (χ0n) is 8.69. The number of nitrogens with zero attached hydrogens (tertiary/aromatic N) is 2. The highest BCUT2D eigenvalue weighted by Gasteiger charge is 2.27. The third-order valence-corrected chi connectivity index (χ3v) is 3.91. The van der Waals surface area contributed by atoms with Crippen molar-refractivity contribution >= 4 is 22.9 Å². The molecular weight excluding hydrogens is 232 g/mol.